The molecule has 0 fully saturated rings. The fraction of sp³-hybridized carbons (Fsp3) is 0.536. The molecule has 0 aliphatic carbocycles. The number of hydrogen-bond donors (Lipinski definition) is 3. The molecule has 0 radical (unpaired) electrons. The van der Waals surface area contributed by atoms with E-state index in [0.717, 1.165) is 40.7 Å². The Hall–Kier alpha value is -2.49. The van der Waals surface area contributed by atoms with E-state index in [1.54, 1.807) is 0 Å². The van der Waals surface area contributed by atoms with E-state index in [1.165, 1.54) is 5.56 Å². The summed E-state index contributed by atoms with van der Waals surface area (Å²) in [6.45, 7) is 17.0. The van der Waals surface area contributed by atoms with Crippen LogP contribution in [0.5, 0.6) is 11.5 Å². The number of hydrogen-bond acceptors (Lipinski definition) is 3. The first-order valence-electron chi connectivity index (χ1n) is 11.6. The number of nitrogens with one attached hydrogen (secondary N) is 1. The highest BCUT2D eigenvalue weighted by molar-refractivity contribution is 5.76. The third kappa shape index (κ3) is 6.75. The van der Waals surface area contributed by atoms with E-state index in [0.29, 0.717) is 30.9 Å². The van der Waals surface area contributed by atoms with Crippen LogP contribution < -0.4 is 5.32 Å². The van der Waals surface area contributed by atoms with Crippen molar-refractivity contribution in [1.29, 1.82) is 0 Å². The normalized spacial score (nSPS) is 12.1. The third-order valence-electron chi connectivity index (χ3n) is 5.94. The summed E-state index contributed by atoms with van der Waals surface area (Å²) in [6.07, 6.45) is 2.80. The summed E-state index contributed by atoms with van der Waals surface area (Å²) in [5.41, 5.74) is 5.56. The molecule has 2 aromatic carbocycles. The Morgan fingerprint density at radius 3 is 1.72 bits per heavy atom. The molecule has 0 bridgehead atoms. The summed E-state index contributed by atoms with van der Waals surface area (Å²) >= 11 is 0. The van der Waals surface area contributed by atoms with E-state index in [9.17, 15) is 15.0 Å². The average molecular weight is 440 g/mol. The summed E-state index contributed by atoms with van der Waals surface area (Å²) in [7, 11) is 0. The quantitative estimate of drug-likeness (QED) is 0.464. The second-order valence-corrected chi connectivity index (χ2v) is 11.1. The lowest BCUT2D eigenvalue weighted by atomic mass is 9.78. The fourth-order valence-electron chi connectivity index (χ4n) is 4.04. The Labute approximate surface area is 194 Å². The summed E-state index contributed by atoms with van der Waals surface area (Å²) in [6, 6.07) is 8.11. The van der Waals surface area contributed by atoms with Crippen LogP contribution in [0.3, 0.4) is 0 Å². The summed E-state index contributed by atoms with van der Waals surface area (Å²) in [4.78, 5) is 12.4. The highest BCUT2D eigenvalue weighted by Gasteiger charge is 2.26. The lowest BCUT2D eigenvalue weighted by molar-refractivity contribution is -0.121. The second kappa shape index (κ2) is 9.97. The molecule has 1 amide bonds. The van der Waals surface area contributed by atoms with E-state index in [1.807, 2.05) is 38.1 Å². The first-order chi connectivity index (χ1) is 14.7. The summed E-state index contributed by atoms with van der Waals surface area (Å²) in [5.74, 6) is 0.782. The molecular formula is C28H41NO3. The van der Waals surface area contributed by atoms with Crippen LogP contribution in [0.15, 0.2) is 24.3 Å². The minimum atomic E-state index is -0.173. The molecule has 4 nitrogen and oxygen atoms in total. The molecule has 0 saturated carbocycles. The van der Waals surface area contributed by atoms with Crippen LogP contribution in [-0.2, 0) is 28.5 Å². The molecular weight excluding hydrogens is 398 g/mol. The Morgan fingerprint density at radius 1 is 0.781 bits per heavy atom. The lowest BCUT2D eigenvalue weighted by Crippen LogP contribution is -2.25. The van der Waals surface area contributed by atoms with Crippen molar-refractivity contribution in [2.24, 2.45) is 0 Å². The molecule has 0 aromatic heterocycles. The van der Waals surface area contributed by atoms with E-state index in [4.69, 9.17) is 0 Å². The van der Waals surface area contributed by atoms with Gasteiger partial charge in [-0.05, 0) is 77.3 Å². The van der Waals surface area contributed by atoms with Crippen molar-refractivity contribution in [3.8, 4) is 11.5 Å². The first kappa shape index (κ1) is 25.8. The monoisotopic (exact) mass is 439 g/mol. The SMILES string of the molecule is Cc1cc(CCCNC(=O)CCc2cc(C(C)(C)C)c(O)c(C(C)(C)C)c2)cc(C)c1O. The molecule has 176 valence electrons. The van der Waals surface area contributed by atoms with Crippen LogP contribution in [0.1, 0.15) is 87.8 Å². The fourth-order valence-corrected chi connectivity index (χ4v) is 4.04. The number of carbonyl (C=O) groups excluding carboxylic acids is 1. The molecule has 2 aromatic rings. The number of rotatable bonds is 7. The minimum Gasteiger partial charge on any atom is -0.507 e. The van der Waals surface area contributed by atoms with E-state index < -0.39 is 0 Å². The largest absolute Gasteiger partial charge is 0.507 e. The molecule has 0 aliphatic rings. The van der Waals surface area contributed by atoms with Gasteiger partial charge in [0.1, 0.15) is 11.5 Å². The topological polar surface area (TPSA) is 69.6 Å². The third-order valence-corrected chi connectivity index (χ3v) is 5.94. The maximum Gasteiger partial charge on any atom is 0.220 e. The molecule has 2 rings (SSSR count). The van der Waals surface area contributed by atoms with Gasteiger partial charge >= 0.3 is 0 Å². The van der Waals surface area contributed by atoms with Gasteiger partial charge in [-0.1, -0.05) is 65.8 Å². The van der Waals surface area contributed by atoms with Crippen molar-refractivity contribution in [3.05, 3.63) is 57.6 Å². The highest BCUT2D eigenvalue weighted by atomic mass is 16.3. The van der Waals surface area contributed by atoms with Gasteiger partial charge in [-0.25, -0.2) is 0 Å². The van der Waals surface area contributed by atoms with Crippen LogP contribution in [0.4, 0.5) is 0 Å². The van der Waals surface area contributed by atoms with Crippen molar-refractivity contribution in [2.45, 2.75) is 91.9 Å². The van der Waals surface area contributed by atoms with Crippen molar-refractivity contribution in [1.82, 2.24) is 5.32 Å². The van der Waals surface area contributed by atoms with Crippen LogP contribution in [0, 0.1) is 13.8 Å². The van der Waals surface area contributed by atoms with Crippen molar-refractivity contribution in [3.63, 3.8) is 0 Å². The van der Waals surface area contributed by atoms with Gasteiger partial charge < -0.3 is 15.5 Å². The molecule has 0 unspecified atom stereocenters. The van der Waals surface area contributed by atoms with Crippen molar-refractivity contribution < 1.29 is 15.0 Å². The van der Waals surface area contributed by atoms with Crippen LogP contribution >= 0.6 is 0 Å². The zero-order valence-corrected chi connectivity index (χ0v) is 21.1. The molecule has 4 heteroatoms. The molecule has 0 aliphatic heterocycles. The number of carbonyl (C=O) groups is 1. The van der Waals surface area contributed by atoms with Gasteiger partial charge in [-0.2, -0.15) is 0 Å². The maximum absolute atomic E-state index is 12.4. The van der Waals surface area contributed by atoms with Crippen LogP contribution in [0.2, 0.25) is 0 Å². The Kier molecular flexibility index (Phi) is 8.03. The van der Waals surface area contributed by atoms with Crippen molar-refractivity contribution >= 4 is 5.91 Å². The zero-order chi connectivity index (χ0) is 24.3. The van der Waals surface area contributed by atoms with Gasteiger partial charge in [0.05, 0.1) is 0 Å². The predicted molar refractivity (Wildman–Crippen MR) is 133 cm³/mol. The van der Waals surface area contributed by atoms with Gasteiger partial charge in [-0.3, -0.25) is 4.79 Å². The number of aromatic hydroxyl groups is 2. The number of aryl methyl sites for hydroxylation is 4. The molecule has 0 saturated heterocycles. The number of benzene rings is 2. The smallest absolute Gasteiger partial charge is 0.220 e. The van der Waals surface area contributed by atoms with E-state index >= 15 is 0 Å². The Balaban J connectivity index is 1.95. The van der Waals surface area contributed by atoms with Gasteiger partial charge in [0.25, 0.3) is 0 Å². The van der Waals surface area contributed by atoms with Gasteiger partial charge in [0.2, 0.25) is 5.91 Å². The van der Waals surface area contributed by atoms with E-state index in [2.05, 4.69) is 46.9 Å². The average Bonchev–Trinajstić information content (AvgIpc) is 2.66. The molecule has 3 N–H and O–H groups in total. The second-order valence-electron chi connectivity index (χ2n) is 11.1. The first-order valence-corrected chi connectivity index (χ1v) is 11.6. The lowest BCUT2D eigenvalue weighted by Gasteiger charge is -2.28. The number of amides is 1. The molecule has 0 atom stereocenters. The van der Waals surface area contributed by atoms with Crippen LogP contribution in [-0.4, -0.2) is 22.7 Å². The Morgan fingerprint density at radius 2 is 1.25 bits per heavy atom. The molecule has 0 spiro atoms. The maximum atomic E-state index is 12.4. The number of phenolic OH excluding ortho intramolecular Hbond substituents is 2. The van der Waals surface area contributed by atoms with E-state index in [-0.39, 0.29) is 16.7 Å². The number of phenols is 2. The Bertz CT molecular complexity index is 904. The summed E-state index contributed by atoms with van der Waals surface area (Å²) < 4.78 is 0. The van der Waals surface area contributed by atoms with Gasteiger partial charge in [0.15, 0.2) is 0 Å². The summed E-state index contributed by atoms with van der Waals surface area (Å²) in [5, 5.41) is 23.8. The minimum absolute atomic E-state index is 0.0470. The standard InChI is InChI=1S/C28H41NO3/c1-18-14-20(15-19(2)25(18)31)10-9-13-29-24(30)12-11-21-16-22(27(3,4)5)26(32)23(17-21)28(6,7)8/h14-17,31-32H,9-13H2,1-8H3,(H,29,30). The van der Waals surface area contributed by atoms with Crippen LogP contribution in [0.25, 0.3) is 0 Å². The molecule has 0 heterocycles. The zero-order valence-electron chi connectivity index (χ0n) is 21.1. The highest BCUT2D eigenvalue weighted by Crippen LogP contribution is 2.40. The van der Waals surface area contributed by atoms with Gasteiger partial charge in [-0.15, -0.1) is 0 Å². The predicted octanol–water partition coefficient (Wildman–Crippen LogP) is 5.99. The van der Waals surface area contributed by atoms with Gasteiger partial charge in [0, 0.05) is 13.0 Å². The van der Waals surface area contributed by atoms with Crippen molar-refractivity contribution in [2.75, 3.05) is 6.54 Å². The molecule has 32 heavy (non-hydrogen) atoms.